The van der Waals surface area contributed by atoms with Gasteiger partial charge in [-0.15, -0.1) is 0 Å². The lowest BCUT2D eigenvalue weighted by molar-refractivity contribution is -0.423. The number of rotatable bonds is 0. The van der Waals surface area contributed by atoms with Crippen molar-refractivity contribution in [2.24, 2.45) is 16.2 Å². The Labute approximate surface area is 109 Å². The van der Waals surface area contributed by atoms with Gasteiger partial charge in [-0.05, 0) is 5.41 Å². The molecule has 1 rings (SSSR count). The average Bonchev–Trinajstić information content (AvgIpc) is 2.13. The van der Waals surface area contributed by atoms with Gasteiger partial charge in [-0.3, -0.25) is 0 Å². The van der Waals surface area contributed by atoms with E-state index in [9.17, 15) is 0 Å². The van der Waals surface area contributed by atoms with Crippen LogP contribution in [-0.4, -0.2) is 18.3 Å². The molecule has 0 aromatic heterocycles. The van der Waals surface area contributed by atoms with Crippen molar-refractivity contribution in [1.29, 1.82) is 0 Å². The second-order valence-electron chi connectivity index (χ2n) is 8.41. The Kier molecular flexibility index (Phi) is 2.90. The third-order valence-electron chi connectivity index (χ3n) is 7.67. The maximum Gasteiger partial charge on any atom is 0.165 e. The van der Waals surface area contributed by atoms with Crippen LogP contribution in [0.25, 0.3) is 0 Å². The second kappa shape index (κ2) is 3.29. The molecule has 0 bridgehead atoms. The molecule has 0 aromatic rings. The molecule has 0 spiro atoms. The van der Waals surface area contributed by atoms with Crippen LogP contribution in [0.15, 0.2) is 0 Å². The van der Waals surface area contributed by atoms with E-state index in [1.54, 1.807) is 0 Å². The molecule has 1 fully saturated rings. The molecule has 0 amide bonds. The molecule has 1 saturated heterocycles. The van der Waals surface area contributed by atoms with E-state index in [4.69, 9.17) is 0 Å². The molecule has 0 radical (unpaired) electrons. The van der Waals surface area contributed by atoms with Crippen molar-refractivity contribution in [3.8, 4) is 0 Å². The van der Waals surface area contributed by atoms with Crippen LogP contribution in [0.5, 0.6) is 0 Å². The minimum Gasteiger partial charge on any atom is -0.415 e. The van der Waals surface area contributed by atoms with Crippen LogP contribution in [0.4, 0.5) is 0 Å². The topological polar surface area (TPSA) is 2.70 Å². The highest BCUT2D eigenvalue weighted by molar-refractivity contribution is 5.15. The van der Waals surface area contributed by atoms with Gasteiger partial charge in [0.25, 0.3) is 0 Å². The van der Waals surface area contributed by atoms with Crippen LogP contribution in [0.2, 0.25) is 0 Å². The lowest BCUT2D eigenvalue weighted by Gasteiger charge is -2.69. The van der Waals surface area contributed by atoms with Crippen molar-refractivity contribution >= 4 is 0 Å². The summed E-state index contributed by atoms with van der Waals surface area (Å²) in [6.07, 6.45) is 0. The van der Waals surface area contributed by atoms with Crippen molar-refractivity contribution < 1.29 is 4.37 Å². The highest BCUT2D eigenvalue weighted by Gasteiger charge is 2.72. The van der Waals surface area contributed by atoms with Gasteiger partial charge in [0.2, 0.25) is 0 Å². The standard InChI is InChI=1S/C16H33O/c1-12(2)13(3,4)15(7,8)17(11)16(9,10)14(12,5)6/h1-11H3/q+1. The predicted octanol–water partition coefficient (Wildman–Crippen LogP) is 4.82. The Balaban J connectivity index is 3.56. The fraction of sp³-hybridized carbons (Fsp3) is 1.00. The first-order valence-electron chi connectivity index (χ1n) is 6.82. The first-order valence-corrected chi connectivity index (χ1v) is 6.82. The van der Waals surface area contributed by atoms with Crippen LogP contribution in [0, 0.1) is 16.2 Å². The van der Waals surface area contributed by atoms with E-state index in [-0.39, 0.29) is 27.4 Å². The fourth-order valence-electron chi connectivity index (χ4n) is 3.69. The lowest BCUT2D eigenvalue weighted by Crippen LogP contribution is -2.73. The number of hydrogen-bond donors (Lipinski definition) is 0. The van der Waals surface area contributed by atoms with E-state index in [1.165, 1.54) is 0 Å². The second-order valence-corrected chi connectivity index (χ2v) is 8.41. The Hall–Kier alpha value is -0.0400. The highest BCUT2D eigenvalue weighted by Crippen LogP contribution is 2.68. The molecule has 17 heavy (non-hydrogen) atoms. The first kappa shape index (κ1) is 15.0. The molecule has 0 aliphatic carbocycles. The third kappa shape index (κ3) is 1.35. The van der Waals surface area contributed by atoms with Crippen LogP contribution >= 0.6 is 0 Å². The van der Waals surface area contributed by atoms with Crippen LogP contribution in [0.3, 0.4) is 0 Å². The lowest BCUT2D eigenvalue weighted by atomic mass is 9.44. The van der Waals surface area contributed by atoms with E-state index in [0.717, 1.165) is 0 Å². The Morgan fingerprint density at radius 1 is 0.471 bits per heavy atom. The molecule has 102 valence electrons. The SMILES string of the molecule is C[O+]1C(C)(C)C(C)(C)C(C)(C)C(C)(C)C1(C)C. The zero-order valence-electron chi connectivity index (χ0n) is 13.9. The Bertz CT molecular complexity index is 288. The summed E-state index contributed by atoms with van der Waals surface area (Å²) in [6, 6.07) is 0. The normalized spacial score (nSPS) is 33.4. The maximum absolute atomic E-state index is 3.52. The summed E-state index contributed by atoms with van der Waals surface area (Å²) >= 11 is 0. The fourth-order valence-corrected chi connectivity index (χ4v) is 3.69. The molecular formula is C16H33O+. The van der Waals surface area contributed by atoms with Crippen molar-refractivity contribution in [3.63, 3.8) is 0 Å². The van der Waals surface area contributed by atoms with E-state index in [0.29, 0.717) is 0 Å². The molecule has 0 saturated carbocycles. The summed E-state index contributed by atoms with van der Waals surface area (Å²) in [5.74, 6) is 0. The molecule has 0 unspecified atom stereocenters. The van der Waals surface area contributed by atoms with Gasteiger partial charge in [-0.2, -0.15) is 0 Å². The van der Waals surface area contributed by atoms with Gasteiger partial charge >= 0.3 is 0 Å². The van der Waals surface area contributed by atoms with Crippen LogP contribution in [-0.2, 0) is 4.37 Å². The van der Waals surface area contributed by atoms with E-state index < -0.39 is 0 Å². The minimum atomic E-state index is 0.107. The average molecular weight is 241 g/mol. The molecule has 1 heteroatoms. The van der Waals surface area contributed by atoms with Crippen molar-refractivity contribution in [2.75, 3.05) is 7.11 Å². The van der Waals surface area contributed by atoms with E-state index in [1.807, 2.05) is 0 Å². The summed E-state index contributed by atoms with van der Waals surface area (Å²) in [4.78, 5) is 0. The smallest absolute Gasteiger partial charge is 0.165 e. The van der Waals surface area contributed by atoms with Crippen molar-refractivity contribution in [2.45, 2.75) is 80.4 Å². The van der Waals surface area contributed by atoms with Gasteiger partial charge in [-0.1, -0.05) is 41.5 Å². The van der Waals surface area contributed by atoms with E-state index >= 15 is 0 Å². The molecule has 1 aliphatic heterocycles. The maximum atomic E-state index is 3.52. The molecule has 1 heterocycles. The van der Waals surface area contributed by atoms with Gasteiger partial charge in [-0.25, -0.2) is 0 Å². The zero-order valence-corrected chi connectivity index (χ0v) is 13.9. The Morgan fingerprint density at radius 2 is 0.706 bits per heavy atom. The van der Waals surface area contributed by atoms with Gasteiger partial charge < -0.3 is 4.37 Å². The summed E-state index contributed by atoms with van der Waals surface area (Å²) in [5, 5.41) is 0. The largest absolute Gasteiger partial charge is 0.415 e. The number of hydrogen-bond acceptors (Lipinski definition) is 0. The summed E-state index contributed by atoms with van der Waals surface area (Å²) in [6.45, 7) is 23.9. The molecule has 1 aliphatic rings. The highest BCUT2D eigenvalue weighted by atomic mass is 16.7. The quantitative estimate of drug-likeness (QED) is 0.535. The predicted molar refractivity (Wildman–Crippen MR) is 76.5 cm³/mol. The summed E-state index contributed by atoms with van der Waals surface area (Å²) < 4.78 is 3.52. The third-order valence-corrected chi connectivity index (χ3v) is 7.67. The van der Waals surface area contributed by atoms with Crippen LogP contribution in [0.1, 0.15) is 69.2 Å². The van der Waals surface area contributed by atoms with Gasteiger partial charge in [0.15, 0.2) is 11.2 Å². The van der Waals surface area contributed by atoms with Crippen molar-refractivity contribution in [3.05, 3.63) is 0 Å². The van der Waals surface area contributed by atoms with Crippen molar-refractivity contribution in [1.82, 2.24) is 0 Å². The van der Waals surface area contributed by atoms with Gasteiger partial charge in [0.05, 0.1) is 0 Å². The van der Waals surface area contributed by atoms with Gasteiger partial charge in [0.1, 0.15) is 7.11 Å². The van der Waals surface area contributed by atoms with E-state index in [2.05, 4.69) is 80.7 Å². The molecule has 0 aromatic carbocycles. The molecule has 0 atom stereocenters. The van der Waals surface area contributed by atoms with Gasteiger partial charge in [0, 0.05) is 38.5 Å². The molecule has 0 N–H and O–H groups in total. The molecule has 1 nitrogen and oxygen atoms in total. The monoisotopic (exact) mass is 241 g/mol. The Morgan fingerprint density at radius 3 is 0.941 bits per heavy atom. The summed E-state index contributed by atoms with van der Waals surface area (Å²) in [5.41, 5.74) is 0.911. The van der Waals surface area contributed by atoms with Crippen LogP contribution < -0.4 is 0 Å². The molecular weight excluding hydrogens is 208 g/mol. The minimum absolute atomic E-state index is 0.107. The first-order chi connectivity index (χ1) is 7.15. The zero-order chi connectivity index (χ0) is 14.1. The summed E-state index contributed by atoms with van der Waals surface area (Å²) in [7, 11) is 2.21.